The van der Waals surface area contributed by atoms with Crippen molar-refractivity contribution in [2.24, 2.45) is 0 Å². The third-order valence-electron chi connectivity index (χ3n) is 5.72. The zero-order valence-electron chi connectivity index (χ0n) is 18.4. The molecular formula is C26H25N3O3. The predicted octanol–water partition coefficient (Wildman–Crippen LogP) is 4.44. The number of aryl methyl sites for hydroxylation is 3. The van der Waals surface area contributed by atoms with E-state index in [9.17, 15) is 9.59 Å². The molecule has 32 heavy (non-hydrogen) atoms. The van der Waals surface area contributed by atoms with Crippen molar-refractivity contribution < 1.29 is 14.3 Å². The van der Waals surface area contributed by atoms with Gasteiger partial charge in [0.15, 0.2) is 6.61 Å². The topological polar surface area (TPSA) is 83.3 Å². The summed E-state index contributed by atoms with van der Waals surface area (Å²) in [7, 11) is 0. The summed E-state index contributed by atoms with van der Waals surface area (Å²) in [5.74, 6) is -0.857. The molecule has 0 N–H and O–H groups in total. The quantitative estimate of drug-likeness (QED) is 0.543. The van der Waals surface area contributed by atoms with E-state index in [2.05, 4.69) is 6.07 Å². The van der Waals surface area contributed by atoms with Gasteiger partial charge in [0.1, 0.15) is 0 Å². The number of ether oxygens (including phenoxy) is 1. The number of fused-ring (bicyclic) bond motifs is 2. The summed E-state index contributed by atoms with van der Waals surface area (Å²) >= 11 is 0. The first-order valence-electron chi connectivity index (χ1n) is 10.8. The van der Waals surface area contributed by atoms with E-state index in [-0.39, 0.29) is 25.5 Å². The molecule has 6 nitrogen and oxygen atoms in total. The summed E-state index contributed by atoms with van der Waals surface area (Å²) in [6.07, 6.45) is 2.76. The van der Waals surface area contributed by atoms with Gasteiger partial charge in [-0.1, -0.05) is 24.3 Å². The third-order valence-corrected chi connectivity index (χ3v) is 5.72. The van der Waals surface area contributed by atoms with Crippen LogP contribution in [0.1, 0.15) is 45.6 Å². The first-order valence-corrected chi connectivity index (χ1v) is 10.8. The zero-order valence-corrected chi connectivity index (χ0v) is 18.4. The van der Waals surface area contributed by atoms with E-state index in [4.69, 9.17) is 15.0 Å². The first-order chi connectivity index (χ1) is 15.5. The van der Waals surface area contributed by atoms with Gasteiger partial charge in [-0.2, -0.15) is 5.26 Å². The highest BCUT2D eigenvalue weighted by Crippen LogP contribution is 2.30. The van der Waals surface area contributed by atoms with Gasteiger partial charge >= 0.3 is 5.97 Å². The van der Waals surface area contributed by atoms with Gasteiger partial charge in [0.2, 0.25) is 0 Å². The summed E-state index contributed by atoms with van der Waals surface area (Å²) < 4.78 is 5.53. The SMILES string of the molecule is Cc1cc(C)cc(N(CCC#N)C(=O)COC(=O)c2c3c(nc4ccccc24)CCC3)c1. The number of hydrogen-bond donors (Lipinski definition) is 0. The number of carbonyl (C=O) groups is 2. The molecule has 2 aromatic carbocycles. The first kappa shape index (κ1) is 21.5. The van der Waals surface area contributed by atoms with Gasteiger partial charge < -0.3 is 9.64 Å². The second kappa shape index (κ2) is 9.19. The summed E-state index contributed by atoms with van der Waals surface area (Å²) in [5, 5.41) is 9.78. The number of anilines is 1. The smallest absolute Gasteiger partial charge is 0.339 e. The highest BCUT2D eigenvalue weighted by Gasteiger charge is 2.26. The van der Waals surface area contributed by atoms with Crippen molar-refractivity contribution >= 4 is 28.5 Å². The maximum Gasteiger partial charge on any atom is 0.339 e. The minimum atomic E-state index is -0.504. The molecule has 1 heterocycles. The van der Waals surface area contributed by atoms with Crippen LogP contribution in [-0.4, -0.2) is 30.0 Å². The normalized spacial score (nSPS) is 12.3. The number of nitriles is 1. The van der Waals surface area contributed by atoms with Crippen LogP contribution in [0.2, 0.25) is 0 Å². The van der Waals surface area contributed by atoms with Crippen LogP contribution in [0.3, 0.4) is 0 Å². The standard InChI is InChI=1S/C26H25N3O3/c1-17-13-18(2)15-19(14-17)29(12-6-11-27)24(30)16-32-26(31)25-20-7-3-4-9-22(20)28-23-10-5-8-21(23)25/h3-4,7,9,13-15H,5-6,8,10,12,16H2,1-2H3. The predicted molar refractivity (Wildman–Crippen MR) is 123 cm³/mol. The lowest BCUT2D eigenvalue weighted by Crippen LogP contribution is -2.35. The van der Waals surface area contributed by atoms with Crippen LogP contribution in [0, 0.1) is 25.2 Å². The highest BCUT2D eigenvalue weighted by atomic mass is 16.5. The van der Waals surface area contributed by atoms with Crippen molar-refractivity contribution in [2.75, 3.05) is 18.1 Å². The van der Waals surface area contributed by atoms with Crippen molar-refractivity contribution in [1.29, 1.82) is 5.26 Å². The van der Waals surface area contributed by atoms with Crippen molar-refractivity contribution in [3.05, 3.63) is 70.4 Å². The number of hydrogen-bond acceptors (Lipinski definition) is 5. The van der Waals surface area contributed by atoms with E-state index >= 15 is 0 Å². The van der Waals surface area contributed by atoms with Crippen LogP contribution in [-0.2, 0) is 22.4 Å². The van der Waals surface area contributed by atoms with E-state index in [1.165, 1.54) is 4.90 Å². The fraction of sp³-hybridized carbons (Fsp3) is 0.308. The molecule has 162 valence electrons. The van der Waals surface area contributed by atoms with Gasteiger partial charge in [-0.05, 0) is 68.0 Å². The summed E-state index contributed by atoms with van der Waals surface area (Å²) in [6, 6.07) is 15.4. The lowest BCUT2D eigenvalue weighted by atomic mass is 10.0. The van der Waals surface area contributed by atoms with Crippen molar-refractivity contribution in [3.63, 3.8) is 0 Å². The van der Waals surface area contributed by atoms with Gasteiger partial charge in [0.25, 0.3) is 5.91 Å². The molecule has 1 aliphatic rings. The van der Waals surface area contributed by atoms with Crippen LogP contribution in [0.15, 0.2) is 42.5 Å². The molecule has 0 aliphatic heterocycles. The highest BCUT2D eigenvalue weighted by molar-refractivity contribution is 6.06. The van der Waals surface area contributed by atoms with E-state index in [1.807, 2.05) is 56.3 Å². The lowest BCUT2D eigenvalue weighted by molar-refractivity contribution is -0.121. The lowest BCUT2D eigenvalue weighted by Gasteiger charge is -2.23. The van der Waals surface area contributed by atoms with Gasteiger partial charge in [0, 0.05) is 23.3 Å². The Morgan fingerprint density at radius 3 is 2.62 bits per heavy atom. The molecular weight excluding hydrogens is 402 g/mol. The number of carbonyl (C=O) groups excluding carboxylic acids is 2. The fourth-order valence-corrected chi connectivity index (χ4v) is 4.39. The number of pyridine rings is 1. The van der Waals surface area contributed by atoms with E-state index < -0.39 is 5.97 Å². The molecule has 1 aromatic heterocycles. The number of rotatable bonds is 6. The molecule has 0 saturated heterocycles. The second-order valence-electron chi connectivity index (χ2n) is 8.16. The van der Waals surface area contributed by atoms with Gasteiger partial charge in [-0.15, -0.1) is 0 Å². The summed E-state index contributed by atoms with van der Waals surface area (Å²) in [6.45, 7) is 3.77. The molecule has 1 aliphatic carbocycles. The molecule has 0 radical (unpaired) electrons. The van der Waals surface area contributed by atoms with Crippen LogP contribution in [0.4, 0.5) is 5.69 Å². The number of amides is 1. The molecule has 0 atom stereocenters. The Kier molecular flexibility index (Phi) is 6.18. The van der Waals surface area contributed by atoms with E-state index in [1.54, 1.807) is 0 Å². The Bertz CT molecular complexity index is 1220. The zero-order chi connectivity index (χ0) is 22.7. The van der Waals surface area contributed by atoms with Crippen LogP contribution < -0.4 is 4.90 Å². The Balaban J connectivity index is 1.58. The fourth-order valence-electron chi connectivity index (χ4n) is 4.39. The Morgan fingerprint density at radius 1 is 1.12 bits per heavy atom. The van der Waals surface area contributed by atoms with Crippen molar-refractivity contribution in [2.45, 2.75) is 39.5 Å². The molecule has 0 saturated carbocycles. The van der Waals surface area contributed by atoms with Gasteiger partial charge in [-0.3, -0.25) is 9.78 Å². The maximum absolute atomic E-state index is 13.1. The van der Waals surface area contributed by atoms with Crippen LogP contribution >= 0.6 is 0 Å². The van der Waals surface area contributed by atoms with Crippen LogP contribution in [0.25, 0.3) is 10.9 Å². The number of benzene rings is 2. The molecule has 0 bridgehead atoms. The number of nitrogens with zero attached hydrogens (tertiary/aromatic N) is 3. The average molecular weight is 428 g/mol. The molecule has 0 fully saturated rings. The van der Waals surface area contributed by atoms with Crippen LogP contribution in [0.5, 0.6) is 0 Å². The molecule has 0 spiro atoms. The second-order valence-corrected chi connectivity index (χ2v) is 8.16. The number of esters is 1. The third kappa shape index (κ3) is 4.33. The molecule has 3 aromatic rings. The van der Waals surface area contributed by atoms with Crippen molar-refractivity contribution in [1.82, 2.24) is 4.98 Å². The summed E-state index contributed by atoms with van der Waals surface area (Å²) in [4.78, 5) is 32.4. The minimum absolute atomic E-state index is 0.190. The molecule has 1 amide bonds. The average Bonchev–Trinajstić information content (AvgIpc) is 3.23. The van der Waals surface area contributed by atoms with Gasteiger partial charge in [0.05, 0.1) is 23.6 Å². The number of para-hydroxylation sites is 1. The summed E-state index contributed by atoms with van der Waals surface area (Å²) in [5.41, 5.74) is 5.89. The Hall–Kier alpha value is -3.72. The molecule has 4 rings (SSSR count). The number of aromatic nitrogens is 1. The van der Waals surface area contributed by atoms with Gasteiger partial charge in [-0.25, -0.2) is 4.79 Å². The largest absolute Gasteiger partial charge is 0.452 e. The monoisotopic (exact) mass is 427 g/mol. The Labute approximate surface area is 187 Å². The minimum Gasteiger partial charge on any atom is -0.452 e. The molecule has 6 heteroatoms. The molecule has 0 unspecified atom stereocenters. The Morgan fingerprint density at radius 2 is 1.88 bits per heavy atom. The maximum atomic E-state index is 13.1. The van der Waals surface area contributed by atoms with Crippen molar-refractivity contribution in [3.8, 4) is 6.07 Å². The van der Waals surface area contributed by atoms with E-state index in [0.717, 1.165) is 52.5 Å². The van der Waals surface area contributed by atoms with E-state index in [0.29, 0.717) is 11.3 Å².